The van der Waals surface area contributed by atoms with Crippen molar-refractivity contribution in [3.05, 3.63) is 11.9 Å². The molecule has 5 heteroatoms. The van der Waals surface area contributed by atoms with Gasteiger partial charge in [-0.15, -0.1) is 0 Å². The lowest BCUT2D eigenvalue weighted by Gasteiger charge is -2.28. The van der Waals surface area contributed by atoms with E-state index in [9.17, 15) is 0 Å². The zero-order chi connectivity index (χ0) is 13.1. The van der Waals surface area contributed by atoms with E-state index in [4.69, 9.17) is 4.74 Å². The second-order valence-electron chi connectivity index (χ2n) is 4.73. The number of hydrogen-bond acceptors (Lipinski definition) is 5. The third kappa shape index (κ3) is 2.72. The van der Waals surface area contributed by atoms with Gasteiger partial charge < -0.3 is 15.0 Å². The maximum absolute atomic E-state index is 5.62. The number of aromatic nitrogens is 2. The summed E-state index contributed by atoms with van der Waals surface area (Å²) in [6.07, 6.45) is 1.31. The van der Waals surface area contributed by atoms with Gasteiger partial charge in [0.05, 0.1) is 12.1 Å². The number of rotatable bonds is 4. The van der Waals surface area contributed by atoms with E-state index in [2.05, 4.69) is 41.1 Å². The Kier molecular flexibility index (Phi) is 4.01. The third-order valence-electron chi connectivity index (χ3n) is 3.38. The topological polar surface area (TPSA) is 50.3 Å². The smallest absolute Gasteiger partial charge is 0.134 e. The Balaban J connectivity index is 2.21. The molecule has 2 atom stereocenters. The molecule has 100 valence electrons. The van der Waals surface area contributed by atoms with Gasteiger partial charge >= 0.3 is 0 Å². The highest BCUT2D eigenvalue weighted by Crippen LogP contribution is 2.24. The lowest BCUT2D eigenvalue weighted by molar-refractivity contribution is 0.118. The van der Waals surface area contributed by atoms with Gasteiger partial charge in [-0.05, 0) is 27.2 Å². The van der Waals surface area contributed by atoms with E-state index in [1.165, 1.54) is 0 Å². The average Bonchev–Trinajstić information content (AvgIpc) is 2.74. The summed E-state index contributed by atoms with van der Waals surface area (Å²) in [5, 5.41) is 3.24. The number of nitrogens with one attached hydrogen (secondary N) is 1. The van der Waals surface area contributed by atoms with Crippen LogP contribution in [0.4, 0.5) is 11.6 Å². The summed E-state index contributed by atoms with van der Waals surface area (Å²) < 4.78 is 5.62. The standard InChI is InChI=1S/C13H22N4O/c1-5-14-12-8-13(16-10(3)15-12)17(4)11-6-7-18-9(11)2/h8-9,11H,5-7H2,1-4H3,(H,14,15,16). The quantitative estimate of drug-likeness (QED) is 0.883. The zero-order valence-electron chi connectivity index (χ0n) is 11.6. The first-order valence-electron chi connectivity index (χ1n) is 6.55. The lowest BCUT2D eigenvalue weighted by Crippen LogP contribution is -2.37. The van der Waals surface area contributed by atoms with Gasteiger partial charge in [0.25, 0.3) is 0 Å². The molecule has 0 spiro atoms. The van der Waals surface area contributed by atoms with E-state index >= 15 is 0 Å². The van der Waals surface area contributed by atoms with Crippen LogP contribution < -0.4 is 10.2 Å². The molecule has 0 saturated carbocycles. The van der Waals surface area contributed by atoms with E-state index in [0.29, 0.717) is 6.04 Å². The summed E-state index contributed by atoms with van der Waals surface area (Å²) in [4.78, 5) is 11.1. The van der Waals surface area contributed by atoms with Crippen molar-refractivity contribution in [3.8, 4) is 0 Å². The van der Waals surface area contributed by atoms with Crippen molar-refractivity contribution in [1.82, 2.24) is 9.97 Å². The fourth-order valence-corrected chi connectivity index (χ4v) is 2.40. The first-order valence-corrected chi connectivity index (χ1v) is 6.55. The highest BCUT2D eigenvalue weighted by Gasteiger charge is 2.28. The van der Waals surface area contributed by atoms with Crippen molar-refractivity contribution in [1.29, 1.82) is 0 Å². The second kappa shape index (κ2) is 5.52. The van der Waals surface area contributed by atoms with Crippen LogP contribution in [0.3, 0.4) is 0 Å². The first kappa shape index (κ1) is 13.1. The second-order valence-corrected chi connectivity index (χ2v) is 4.73. The molecule has 2 heterocycles. The molecular formula is C13H22N4O. The molecule has 0 radical (unpaired) electrons. The number of ether oxygens (including phenoxy) is 1. The van der Waals surface area contributed by atoms with E-state index in [1.54, 1.807) is 0 Å². The minimum Gasteiger partial charge on any atom is -0.376 e. The van der Waals surface area contributed by atoms with Crippen molar-refractivity contribution >= 4 is 11.6 Å². The third-order valence-corrected chi connectivity index (χ3v) is 3.38. The highest BCUT2D eigenvalue weighted by atomic mass is 16.5. The summed E-state index contributed by atoms with van der Waals surface area (Å²) in [5.74, 6) is 2.64. The fourth-order valence-electron chi connectivity index (χ4n) is 2.40. The molecule has 0 aromatic carbocycles. The molecule has 0 aliphatic carbocycles. The van der Waals surface area contributed by atoms with Gasteiger partial charge in [-0.25, -0.2) is 9.97 Å². The van der Waals surface area contributed by atoms with Crippen LogP contribution in [-0.2, 0) is 4.74 Å². The minimum atomic E-state index is 0.257. The maximum atomic E-state index is 5.62. The van der Waals surface area contributed by atoms with Crippen LogP contribution in [0.5, 0.6) is 0 Å². The van der Waals surface area contributed by atoms with Gasteiger partial charge in [0.2, 0.25) is 0 Å². The zero-order valence-corrected chi connectivity index (χ0v) is 11.6. The minimum absolute atomic E-state index is 0.257. The van der Waals surface area contributed by atoms with Crippen molar-refractivity contribution in [2.45, 2.75) is 39.3 Å². The summed E-state index contributed by atoms with van der Waals surface area (Å²) in [5.41, 5.74) is 0. The fraction of sp³-hybridized carbons (Fsp3) is 0.692. The lowest BCUT2D eigenvalue weighted by atomic mass is 10.1. The molecular weight excluding hydrogens is 228 g/mol. The number of likely N-dealkylation sites (N-methyl/N-ethyl adjacent to an activating group) is 1. The molecule has 0 amide bonds. The Hall–Kier alpha value is -1.36. The van der Waals surface area contributed by atoms with Gasteiger partial charge in [0, 0.05) is 26.3 Å². The number of anilines is 2. The Bertz CT molecular complexity index is 410. The molecule has 1 aliphatic rings. The Morgan fingerprint density at radius 2 is 2.28 bits per heavy atom. The van der Waals surface area contributed by atoms with Crippen molar-refractivity contribution in [2.24, 2.45) is 0 Å². The number of hydrogen-bond donors (Lipinski definition) is 1. The van der Waals surface area contributed by atoms with Crippen molar-refractivity contribution in [3.63, 3.8) is 0 Å². The summed E-state index contributed by atoms with van der Waals surface area (Å²) in [6, 6.07) is 2.40. The Morgan fingerprint density at radius 1 is 1.50 bits per heavy atom. The largest absolute Gasteiger partial charge is 0.376 e. The number of nitrogens with zero attached hydrogens (tertiary/aromatic N) is 3. The van der Waals surface area contributed by atoms with E-state index in [-0.39, 0.29) is 6.10 Å². The predicted molar refractivity (Wildman–Crippen MR) is 73.2 cm³/mol. The average molecular weight is 250 g/mol. The van der Waals surface area contributed by atoms with Crippen LogP contribution >= 0.6 is 0 Å². The van der Waals surface area contributed by atoms with Crippen LogP contribution in [0.25, 0.3) is 0 Å². The van der Waals surface area contributed by atoms with Crippen molar-refractivity contribution in [2.75, 3.05) is 30.4 Å². The van der Waals surface area contributed by atoms with E-state index in [1.807, 2.05) is 13.0 Å². The van der Waals surface area contributed by atoms with Crippen LogP contribution in [0, 0.1) is 6.92 Å². The molecule has 0 bridgehead atoms. The van der Waals surface area contributed by atoms with Crippen LogP contribution in [0.1, 0.15) is 26.1 Å². The Morgan fingerprint density at radius 3 is 2.89 bits per heavy atom. The van der Waals surface area contributed by atoms with Gasteiger partial charge in [-0.2, -0.15) is 0 Å². The maximum Gasteiger partial charge on any atom is 0.134 e. The monoisotopic (exact) mass is 250 g/mol. The molecule has 5 nitrogen and oxygen atoms in total. The molecule has 2 rings (SSSR count). The summed E-state index contributed by atoms with van der Waals surface area (Å²) in [7, 11) is 2.08. The van der Waals surface area contributed by atoms with E-state index < -0.39 is 0 Å². The van der Waals surface area contributed by atoms with Crippen LogP contribution in [0.15, 0.2) is 6.07 Å². The van der Waals surface area contributed by atoms with Crippen molar-refractivity contribution < 1.29 is 4.74 Å². The first-order chi connectivity index (χ1) is 8.61. The van der Waals surface area contributed by atoms with Gasteiger partial charge in [-0.1, -0.05) is 0 Å². The van der Waals surface area contributed by atoms with E-state index in [0.717, 1.165) is 37.0 Å². The van der Waals surface area contributed by atoms with Gasteiger partial charge in [0.1, 0.15) is 17.5 Å². The molecule has 1 aliphatic heterocycles. The van der Waals surface area contributed by atoms with Crippen LogP contribution in [0.2, 0.25) is 0 Å². The van der Waals surface area contributed by atoms with Gasteiger partial charge in [-0.3, -0.25) is 0 Å². The Labute approximate surface area is 109 Å². The molecule has 1 aromatic rings. The van der Waals surface area contributed by atoms with Gasteiger partial charge in [0.15, 0.2) is 0 Å². The SMILES string of the molecule is CCNc1cc(N(C)C2CCOC2C)nc(C)n1. The molecule has 18 heavy (non-hydrogen) atoms. The molecule has 1 fully saturated rings. The molecule has 1 saturated heterocycles. The molecule has 1 aromatic heterocycles. The molecule has 2 unspecified atom stereocenters. The normalized spacial score (nSPS) is 23.1. The number of aryl methyl sites for hydroxylation is 1. The highest BCUT2D eigenvalue weighted by molar-refractivity contribution is 5.49. The summed E-state index contributed by atoms with van der Waals surface area (Å²) in [6.45, 7) is 7.80. The summed E-state index contributed by atoms with van der Waals surface area (Å²) >= 11 is 0. The molecule has 1 N–H and O–H groups in total. The predicted octanol–water partition coefficient (Wildman–Crippen LogP) is 1.83. The van der Waals surface area contributed by atoms with Crippen LogP contribution in [-0.4, -0.2) is 42.3 Å².